The third-order valence-corrected chi connectivity index (χ3v) is 2.61. The summed E-state index contributed by atoms with van der Waals surface area (Å²) in [4.78, 5) is 4.30. The van der Waals surface area contributed by atoms with Crippen LogP contribution in [0.1, 0.15) is 39.7 Å². The van der Waals surface area contributed by atoms with E-state index in [0.29, 0.717) is 5.88 Å². The van der Waals surface area contributed by atoms with E-state index in [1.165, 1.54) is 5.56 Å². The second-order valence-corrected chi connectivity index (χ2v) is 4.50. The average molecular weight is 222 g/mol. The third-order valence-electron chi connectivity index (χ3n) is 2.61. The number of rotatable bonds is 6. The van der Waals surface area contributed by atoms with Gasteiger partial charge in [-0.05, 0) is 32.4 Å². The summed E-state index contributed by atoms with van der Waals surface area (Å²) in [5, 5.41) is 3.26. The summed E-state index contributed by atoms with van der Waals surface area (Å²) in [6.45, 7) is 10.2. The Morgan fingerprint density at radius 1 is 1.31 bits per heavy atom. The quantitative estimate of drug-likeness (QED) is 0.803. The first-order valence-corrected chi connectivity index (χ1v) is 5.92. The van der Waals surface area contributed by atoms with E-state index in [4.69, 9.17) is 4.74 Å². The van der Waals surface area contributed by atoms with E-state index in [-0.39, 0.29) is 5.60 Å². The molecule has 0 aliphatic rings. The van der Waals surface area contributed by atoms with Gasteiger partial charge in [0.25, 0.3) is 0 Å². The molecule has 0 amide bonds. The summed E-state index contributed by atoms with van der Waals surface area (Å²) in [6, 6.07) is 3.99. The maximum atomic E-state index is 5.78. The average Bonchev–Trinajstić information content (AvgIpc) is 2.28. The van der Waals surface area contributed by atoms with Crippen LogP contribution in [0, 0.1) is 0 Å². The molecule has 0 fully saturated rings. The van der Waals surface area contributed by atoms with Crippen LogP contribution in [0.25, 0.3) is 0 Å². The zero-order valence-corrected chi connectivity index (χ0v) is 10.7. The van der Waals surface area contributed by atoms with Crippen molar-refractivity contribution in [2.24, 2.45) is 0 Å². The van der Waals surface area contributed by atoms with Gasteiger partial charge in [0, 0.05) is 18.8 Å². The van der Waals surface area contributed by atoms with Gasteiger partial charge in [-0.3, -0.25) is 0 Å². The summed E-state index contributed by atoms with van der Waals surface area (Å²) < 4.78 is 5.78. The smallest absolute Gasteiger partial charge is 0.213 e. The van der Waals surface area contributed by atoms with E-state index in [9.17, 15) is 0 Å². The molecule has 16 heavy (non-hydrogen) atoms. The number of nitrogens with zero attached hydrogens (tertiary/aromatic N) is 1. The van der Waals surface area contributed by atoms with Crippen LogP contribution in [0.4, 0.5) is 0 Å². The lowest BCUT2D eigenvalue weighted by Gasteiger charge is -2.23. The summed E-state index contributed by atoms with van der Waals surface area (Å²) >= 11 is 0. The minimum Gasteiger partial charge on any atom is -0.472 e. The Balaban J connectivity index is 2.57. The molecule has 1 rings (SSSR count). The maximum absolute atomic E-state index is 5.78. The molecule has 3 nitrogen and oxygen atoms in total. The molecule has 0 radical (unpaired) electrons. The fraction of sp³-hybridized carbons (Fsp3) is 0.615. The normalized spacial score (nSPS) is 11.5. The molecule has 1 aromatic rings. The fourth-order valence-electron chi connectivity index (χ4n) is 1.20. The highest BCUT2D eigenvalue weighted by Crippen LogP contribution is 2.18. The molecule has 1 N–H and O–H groups in total. The molecule has 0 aliphatic carbocycles. The van der Waals surface area contributed by atoms with E-state index in [1.807, 2.05) is 12.3 Å². The lowest BCUT2D eigenvalue weighted by atomic mass is 10.1. The Kier molecular flexibility index (Phi) is 4.74. The van der Waals surface area contributed by atoms with Gasteiger partial charge in [-0.2, -0.15) is 0 Å². The minimum atomic E-state index is -0.143. The molecule has 0 saturated heterocycles. The number of ether oxygens (including phenoxy) is 1. The van der Waals surface area contributed by atoms with E-state index in [1.54, 1.807) is 0 Å². The predicted molar refractivity (Wildman–Crippen MR) is 66.6 cm³/mol. The van der Waals surface area contributed by atoms with Crippen molar-refractivity contribution in [3.8, 4) is 5.88 Å². The number of aromatic nitrogens is 1. The van der Waals surface area contributed by atoms with Gasteiger partial charge in [-0.1, -0.05) is 19.9 Å². The van der Waals surface area contributed by atoms with Crippen molar-refractivity contribution < 1.29 is 4.74 Å². The van der Waals surface area contributed by atoms with Crippen LogP contribution in [0.15, 0.2) is 18.3 Å². The van der Waals surface area contributed by atoms with Crippen molar-refractivity contribution in [3.63, 3.8) is 0 Å². The Morgan fingerprint density at radius 3 is 2.56 bits per heavy atom. The number of hydrogen-bond donors (Lipinski definition) is 1. The van der Waals surface area contributed by atoms with Crippen LogP contribution in [-0.2, 0) is 6.54 Å². The molecule has 3 heteroatoms. The lowest BCUT2D eigenvalue weighted by Crippen LogP contribution is -2.27. The monoisotopic (exact) mass is 222 g/mol. The van der Waals surface area contributed by atoms with Gasteiger partial charge in [0.05, 0.1) is 0 Å². The Hall–Kier alpha value is -1.09. The van der Waals surface area contributed by atoms with Crippen molar-refractivity contribution in [1.82, 2.24) is 10.3 Å². The SMILES string of the molecule is CCNCc1ccc(OC(C)(C)CC)nc1. The van der Waals surface area contributed by atoms with E-state index >= 15 is 0 Å². The van der Waals surface area contributed by atoms with Crippen molar-refractivity contribution in [2.45, 2.75) is 46.3 Å². The van der Waals surface area contributed by atoms with Gasteiger partial charge < -0.3 is 10.1 Å². The van der Waals surface area contributed by atoms with Crippen LogP contribution in [-0.4, -0.2) is 17.1 Å². The van der Waals surface area contributed by atoms with E-state index in [2.05, 4.69) is 44.1 Å². The molecule has 1 aromatic heterocycles. The zero-order valence-electron chi connectivity index (χ0n) is 10.7. The fourth-order valence-corrected chi connectivity index (χ4v) is 1.20. The molecule has 0 spiro atoms. The van der Waals surface area contributed by atoms with Gasteiger partial charge >= 0.3 is 0 Å². The first kappa shape index (κ1) is 13.0. The van der Waals surface area contributed by atoms with Crippen LogP contribution in [0.5, 0.6) is 5.88 Å². The second kappa shape index (κ2) is 5.85. The first-order chi connectivity index (χ1) is 7.57. The summed E-state index contributed by atoms with van der Waals surface area (Å²) in [5.41, 5.74) is 1.04. The summed E-state index contributed by atoms with van der Waals surface area (Å²) in [6.07, 6.45) is 2.83. The van der Waals surface area contributed by atoms with Crippen LogP contribution >= 0.6 is 0 Å². The summed E-state index contributed by atoms with van der Waals surface area (Å²) in [5.74, 6) is 0.701. The lowest BCUT2D eigenvalue weighted by molar-refractivity contribution is 0.0990. The van der Waals surface area contributed by atoms with Crippen LogP contribution in [0.2, 0.25) is 0 Å². The Labute approximate surface area is 98.2 Å². The van der Waals surface area contributed by atoms with Crippen molar-refractivity contribution in [2.75, 3.05) is 6.54 Å². The van der Waals surface area contributed by atoms with Gasteiger partial charge in [-0.25, -0.2) is 4.98 Å². The van der Waals surface area contributed by atoms with Gasteiger partial charge in [0.15, 0.2) is 0 Å². The molecule has 1 heterocycles. The third kappa shape index (κ3) is 4.19. The topological polar surface area (TPSA) is 34.1 Å². The van der Waals surface area contributed by atoms with Gasteiger partial charge in [0.2, 0.25) is 5.88 Å². The molecule has 0 saturated carbocycles. The zero-order chi connectivity index (χ0) is 12.0. The molecule has 0 unspecified atom stereocenters. The largest absolute Gasteiger partial charge is 0.472 e. The van der Waals surface area contributed by atoms with Crippen molar-refractivity contribution >= 4 is 0 Å². The molecule has 0 bridgehead atoms. The molecule has 90 valence electrons. The highest BCUT2D eigenvalue weighted by atomic mass is 16.5. The van der Waals surface area contributed by atoms with E-state index < -0.39 is 0 Å². The van der Waals surface area contributed by atoms with E-state index in [0.717, 1.165) is 19.5 Å². The highest BCUT2D eigenvalue weighted by Gasteiger charge is 2.17. The van der Waals surface area contributed by atoms with Gasteiger partial charge in [-0.15, -0.1) is 0 Å². The Bertz CT molecular complexity index is 306. The number of nitrogens with one attached hydrogen (secondary N) is 1. The second-order valence-electron chi connectivity index (χ2n) is 4.50. The summed E-state index contributed by atoms with van der Waals surface area (Å²) in [7, 11) is 0. The minimum absolute atomic E-state index is 0.143. The first-order valence-electron chi connectivity index (χ1n) is 5.92. The molecule has 0 atom stereocenters. The predicted octanol–water partition coefficient (Wildman–Crippen LogP) is 2.76. The molecular formula is C13H22N2O. The number of hydrogen-bond acceptors (Lipinski definition) is 3. The molecular weight excluding hydrogens is 200 g/mol. The maximum Gasteiger partial charge on any atom is 0.213 e. The standard InChI is InChI=1S/C13H22N2O/c1-5-13(3,4)16-12-8-7-11(10-15-12)9-14-6-2/h7-8,10,14H,5-6,9H2,1-4H3. The van der Waals surface area contributed by atoms with Gasteiger partial charge in [0.1, 0.15) is 5.60 Å². The number of pyridine rings is 1. The molecule has 0 aromatic carbocycles. The molecule has 0 aliphatic heterocycles. The Morgan fingerprint density at radius 2 is 2.06 bits per heavy atom. The van der Waals surface area contributed by atoms with Crippen molar-refractivity contribution in [3.05, 3.63) is 23.9 Å². The highest BCUT2D eigenvalue weighted by molar-refractivity contribution is 5.18. The van der Waals surface area contributed by atoms with Crippen LogP contribution in [0.3, 0.4) is 0 Å². The van der Waals surface area contributed by atoms with Crippen molar-refractivity contribution in [1.29, 1.82) is 0 Å². The van der Waals surface area contributed by atoms with Crippen LogP contribution < -0.4 is 10.1 Å².